The molecule has 1 aliphatic heterocycles. The summed E-state index contributed by atoms with van der Waals surface area (Å²) in [4.78, 5) is 25.2. The Bertz CT molecular complexity index is 791. The molecular formula is C19H28N2O5S. The highest BCUT2D eigenvalue weighted by molar-refractivity contribution is 7.89. The van der Waals surface area contributed by atoms with E-state index in [1.165, 1.54) is 33.5 Å². The molecule has 0 aliphatic carbocycles. The predicted molar refractivity (Wildman–Crippen MR) is 102 cm³/mol. The van der Waals surface area contributed by atoms with E-state index in [9.17, 15) is 18.0 Å². The Kier molecular flexibility index (Phi) is 7.00. The standard InChI is InChI=1S/C19H28N2O5S/c1-14(2)12-20(13-18(22)23)19(24)16-8-6-9-17(11-16)27(25,26)21-10-5-4-7-15(21)3/h6,8-9,11,14-15H,4-5,7,10,12-13H2,1-3H3,(H,22,23). The van der Waals surface area contributed by atoms with Crippen LogP contribution in [0.3, 0.4) is 0 Å². The van der Waals surface area contributed by atoms with E-state index in [4.69, 9.17) is 5.11 Å². The van der Waals surface area contributed by atoms with Crippen molar-refractivity contribution in [1.82, 2.24) is 9.21 Å². The largest absolute Gasteiger partial charge is 0.480 e. The number of hydrogen-bond acceptors (Lipinski definition) is 4. The highest BCUT2D eigenvalue weighted by atomic mass is 32.2. The van der Waals surface area contributed by atoms with Crippen LogP contribution in [0.4, 0.5) is 0 Å². The van der Waals surface area contributed by atoms with E-state index < -0.39 is 28.4 Å². The quantitative estimate of drug-likeness (QED) is 0.764. The molecule has 1 saturated heterocycles. The van der Waals surface area contributed by atoms with Gasteiger partial charge in [0.15, 0.2) is 0 Å². The summed E-state index contributed by atoms with van der Waals surface area (Å²) in [6.45, 7) is 6.01. The van der Waals surface area contributed by atoms with Crippen LogP contribution in [-0.2, 0) is 14.8 Å². The van der Waals surface area contributed by atoms with Gasteiger partial charge in [-0.05, 0) is 43.9 Å². The average Bonchev–Trinajstić information content (AvgIpc) is 2.60. The number of benzene rings is 1. The number of hydrogen-bond donors (Lipinski definition) is 1. The molecule has 2 rings (SSSR count). The smallest absolute Gasteiger partial charge is 0.323 e. The number of carboxylic acids is 1. The van der Waals surface area contributed by atoms with Gasteiger partial charge in [0.05, 0.1) is 4.90 Å². The summed E-state index contributed by atoms with van der Waals surface area (Å²) in [6, 6.07) is 5.82. The van der Waals surface area contributed by atoms with Gasteiger partial charge >= 0.3 is 5.97 Å². The van der Waals surface area contributed by atoms with Gasteiger partial charge < -0.3 is 10.0 Å². The van der Waals surface area contributed by atoms with E-state index >= 15 is 0 Å². The summed E-state index contributed by atoms with van der Waals surface area (Å²) in [6.07, 6.45) is 2.65. The Morgan fingerprint density at radius 1 is 1.30 bits per heavy atom. The lowest BCUT2D eigenvalue weighted by molar-refractivity contribution is -0.137. The highest BCUT2D eigenvalue weighted by Gasteiger charge is 2.31. The molecule has 1 atom stereocenters. The number of carbonyl (C=O) groups is 2. The zero-order chi connectivity index (χ0) is 20.2. The first kappa shape index (κ1) is 21.4. The third kappa shape index (κ3) is 5.29. The topological polar surface area (TPSA) is 95.0 Å². The van der Waals surface area contributed by atoms with E-state index in [1.807, 2.05) is 20.8 Å². The van der Waals surface area contributed by atoms with Crippen LogP contribution in [0.2, 0.25) is 0 Å². The lowest BCUT2D eigenvalue weighted by atomic mass is 10.1. The van der Waals surface area contributed by atoms with Crippen LogP contribution < -0.4 is 0 Å². The van der Waals surface area contributed by atoms with Gasteiger partial charge in [-0.15, -0.1) is 0 Å². The SMILES string of the molecule is CC(C)CN(CC(=O)O)C(=O)c1cccc(S(=O)(=O)N2CCCCC2C)c1. The molecule has 0 spiro atoms. The molecule has 1 aromatic carbocycles. The molecule has 0 saturated carbocycles. The molecule has 1 aliphatic rings. The number of amides is 1. The number of nitrogens with zero attached hydrogens (tertiary/aromatic N) is 2. The second-order valence-corrected chi connectivity index (χ2v) is 9.35. The van der Waals surface area contributed by atoms with Gasteiger partial charge in [0, 0.05) is 24.7 Å². The highest BCUT2D eigenvalue weighted by Crippen LogP contribution is 2.25. The monoisotopic (exact) mass is 396 g/mol. The Morgan fingerprint density at radius 2 is 2.00 bits per heavy atom. The first-order valence-electron chi connectivity index (χ1n) is 9.26. The number of sulfonamides is 1. The van der Waals surface area contributed by atoms with E-state index in [2.05, 4.69) is 0 Å². The number of carbonyl (C=O) groups excluding carboxylic acids is 1. The molecule has 150 valence electrons. The fourth-order valence-corrected chi connectivity index (χ4v) is 5.11. The molecular weight excluding hydrogens is 368 g/mol. The van der Waals surface area contributed by atoms with Crippen molar-refractivity contribution in [1.29, 1.82) is 0 Å². The van der Waals surface area contributed by atoms with Crippen LogP contribution in [0.25, 0.3) is 0 Å². The molecule has 1 N–H and O–H groups in total. The Hall–Kier alpha value is -1.93. The van der Waals surface area contributed by atoms with Gasteiger partial charge in [0.2, 0.25) is 10.0 Å². The first-order chi connectivity index (χ1) is 12.6. The molecule has 1 amide bonds. The van der Waals surface area contributed by atoms with Crippen molar-refractivity contribution in [3.05, 3.63) is 29.8 Å². The van der Waals surface area contributed by atoms with Crippen LogP contribution in [0.1, 0.15) is 50.4 Å². The second kappa shape index (κ2) is 8.84. The van der Waals surface area contributed by atoms with Crippen LogP contribution in [-0.4, -0.2) is 60.3 Å². The van der Waals surface area contributed by atoms with Crippen molar-refractivity contribution >= 4 is 21.9 Å². The molecule has 1 unspecified atom stereocenters. The third-order valence-corrected chi connectivity index (χ3v) is 6.64. The van der Waals surface area contributed by atoms with Gasteiger partial charge in [-0.3, -0.25) is 9.59 Å². The van der Waals surface area contributed by atoms with Crippen molar-refractivity contribution in [3.8, 4) is 0 Å². The summed E-state index contributed by atoms with van der Waals surface area (Å²) in [5.74, 6) is -1.49. The summed E-state index contributed by atoms with van der Waals surface area (Å²) in [7, 11) is -3.69. The summed E-state index contributed by atoms with van der Waals surface area (Å²) in [5, 5.41) is 9.08. The zero-order valence-corrected chi connectivity index (χ0v) is 16.9. The summed E-state index contributed by atoms with van der Waals surface area (Å²) >= 11 is 0. The fourth-order valence-electron chi connectivity index (χ4n) is 3.36. The van der Waals surface area contributed by atoms with Crippen LogP contribution in [0.15, 0.2) is 29.2 Å². The third-order valence-electron chi connectivity index (χ3n) is 4.63. The normalized spacial score (nSPS) is 18.4. The van der Waals surface area contributed by atoms with Crippen molar-refractivity contribution < 1.29 is 23.1 Å². The van der Waals surface area contributed by atoms with Gasteiger partial charge in [-0.25, -0.2) is 8.42 Å². The van der Waals surface area contributed by atoms with Crippen LogP contribution in [0, 0.1) is 5.92 Å². The number of carboxylic acid groups (broad SMARTS) is 1. The summed E-state index contributed by atoms with van der Waals surface area (Å²) in [5.41, 5.74) is 0.183. The Balaban J connectivity index is 2.32. The molecule has 1 fully saturated rings. The van der Waals surface area contributed by atoms with E-state index in [-0.39, 0.29) is 29.0 Å². The zero-order valence-electron chi connectivity index (χ0n) is 16.1. The average molecular weight is 397 g/mol. The number of piperidine rings is 1. The molecule has 1 aromatic rings. The maximum Gasteiger partial charge on any atom is 0.323 e. The van der Waals surface area contributed by atoms with E-state index in [1.54, 1.807) is 0 Å². The number of rotatable bonds is 7. The number of aliphatic carboxylic acids is 1. The van der Waals surface area contributed by atoms with Gasteiger partial charge in [-0.1, -0.05) is 26.3 Å². The van der Waals surface area contributed by atoms with Gasteiger partial charge in [0.1, 0.15) is 6.54 Å². The lowest BCUT2D eigenvalue weighted by Crippen LogP contribution is -2.42. The molecule has 8 heteroatoms. The lowest BCUT2D eigenvalue weighted by Gasteiger charge is -2.32. The van der Waals surface area contributed by atoms with Gasteiger partial charge in [-0.2, -0.15) is 4.31 Å². The van der Waals surface area contributed by atoms with Crippen molar-refractivity contribution in [2.75, 3.05) is 19.6 Å². The first-order valence-corrected chi connectivity index (χ1v) is 10.7. The minimum Gasteiger partial charge on any atom is -0.480 e. The minimum atomic E-state index is -3.69. The Labute approximate surface area is 161 Å². The molecule has 0 radical (unpaired) electrons. The minimum absolute atomic E-state index is 0.0712. The second-order valence-electron chi connectivity index (χ2n) is 7.46. The molecule has 7 nitrogen and oxygen atoms in total. The van der Waals surface area contributed by atoms with Crippen LogP contribution in [0.5, 0.6) is 0 Å². The van der Waals surface area contributed by atoms with Gasteiger partial charge in [0.25, 0.3) is 5.91 Å². The predicted octanol–water partition coefficient (Wildman–Crippen LogP) is 2.43. The van der Waals surface area contributed by atoms with E-state index in [0.29, 0.717) is 6.54 Å². The van der Waals surface area contributed by atoms with E-state index in [0.717, 1.165) is 19.3 Å². The Morgan fingerprint density at radius 3 is 2.59 bits per heavy atom. The molecule has 1 heterocycles. The maximum absolute atomic E-state index is 13.0. The van der Waals surface area contributed by atoms with Crippen molar-refractivity contribution in [2.24, 2.45) is 5.92 Å². The maximum atomic E-state index is 13.0. The van der Waals surface area contributed by atoms with Crippen LogP contribution >= 0.6 is 0 Å². The molecule has 0 bridgehead atoms. The summed E-state index contributed by atoms with van der Waals surface area (Å²) < 4.78 is 27.5. The molecule has 27 heavy (non-hydrogen) atoms. The molecule has 0 aromatic heterocycles. The van der Waals surface area contributed by atoms with Crippen molar-refractivity contribution in [2.45, 2.75) is 51.0 Å². The van der Waals surface area contributed by atoms with Crippen molar-refractivity contribution in [3.63, 3.8) is 0 Å². The fraction of sp³-hybridized carbons (Fsp3) is 0.579.